The highest BCUT2D eigenvalue weighted by molar-refractivity contribution is 6.04. The van der Waals surface area contributed by atoms with E-state index in [0.29, 0.717) is 0 Å². The smallest absolute Gasteiger partial charge is 0.258 e. The SMILES string of the molecule is [2H][C@@H]1N(C)C(=O)[C@H](C)N2C(=O)c3ccccc3N([2H])[C@]12[2H]. The van der Waals surface area contributed by atoms with Crippen molar-refractivity contribution in [2.24, 2.45) is 0 Å². The van der Waals surface area contributed by atoms with Crippen LogP contribution in [0.3, 0.4) is 0 Å². The number of likely N-dealkylation sites (N-methyl/N-ethyl adjacent to an activating group) is 1. The third kappa shape index (κ3) is 1.40. The van der Waals surface area contributed by atoms with Crippen molar-refractivity contribution in [1.82, 2.24) is 9.80 Å². The fourth-order valence-electron chi connectivity index (χ4n) is 2.27. The van der Waals surface area contributed by atoms with Crippen LogP contribution in [0.2, 0.25) is 1.41 Å². The number of hydrogen-bond donors (Lipinski definition) is 1. The monoisotopic (exact) mass is 248 g/mol. The van der Waals surface area contributed by atoms with E-state index in [9.17, 15) is 9.59 Å². The molecular weight excluding hydrogens is 230 g/mol. The number of fused-ring (bicyclic) bond motifs is 2. The maximum Gasteiger partial charge on any atom is 0.258 e. The minimum atomic E-state index is -1.96. The zero-order valence-corrected chi connectivity index (χ0v) is 10.1. The third-order valence-corrected chi connectivity index (χ3v) is 3.24. The molecule has 2 heterocycles. The molecule has 2 amide bonds. The molecule has 5 heteroatoms. The number of rotatable bonds is 0. The Hall–Kier alpha value is -2.04. The van der Waals surface area contributed by atoms with E-state index in [1.807, 2.05) is 0 Å². The summed E-state index contributed by atoms with van der Waals surface area (Å²) in [7, 11) is 1.42. The number of benzene rings is 1. The van der Waals surface area contributed by atoms with E-state index in [0.717, 1.165) is 15.1 Å². The van der Waals surface area contributed by atoms with Crippen LogP contribution in [0.15, 0.2) is 24.3 Å². The van der Waals surface area contributed by atoms with E-state index in [-0.39, 0.29) is 11.3 Å². The van der Waals surface area contributed by atoms with Crippen LogP contribution in [0.5, 0.6) is 0 Å². The van der Waals surface area contributed by atoms with Crippen molar-refractivity contribution in [3.05, 3.63) is 29.8 Å². The number of para-hydroxylation sites is 1. The highest BCUT2D eigenvalue weighted by Crippen LogP contribution is 2.29. The number of carbonyl (C=O) groups is 2. The lowest BCUT2D eigenvalue weighted by molar-refractivity contribution is -0.139. The average Bonchev–Trinajstić information content (AvgIpc) is 2.49. The summed E-state index contributed by atoms with van der Waals surface area (Å²) in [4.78, 5) is 26.9. The number of carbonyl (C=O) groups excluding carboxylic acids is 2. The molecule has 0 spiro atoms. The van der Waals surface area contributed by atoms with Crippen LogP contribution in [0.4, 0.5) is 5.69 Å². The molecule has 0 saturated carbocycles. The zero-order valence-electron chi connectivity index (χ0n) is 13.1. The van der Waals surface area contributed by atoms with E-state index in [2.05, 4.69) is 0 Å². The van der Waals surface area contributed by atoms with Crippen LogP contribution in [0.1, 0.15) is 20.0 Å². The maximum absolute atomic E-state index is 12.7. The fraction of sp³-hybridized carbons (Fsp3) is 0.385. The van der Waals surface area contributed by atoms with Gasteiger partial charge in [0.1, 0.15) is 12.2 Å². The first-order valence-corrected chi connectivity index (χ1v) is 5.72. The summed E-state index contributed by atoms with van der Waals surface area (Å²) in [5.41, 5.74) is 0.549. The van der Waals surface area contributed by atoms with Crippen molar-refractivity contribution in [3.8, 4) is 0 Å². The number of nitrogens with one attached hydrogen (secondary N) is 1. The summed E-state index contributed by atoms with van der Waals surface area (Å²) < 4.78 is 24.9. The lowest BCUT2D eigenvalue weighted by atomic mass is 10.0. The number of amides is 2. The molecule has 18 heavy (non-hydrogen) atoms. The van der Waals surface area contributed by atoms with Crippen molar-refractivity contribution >= 4 is 17.5 Å². The van der Waals surface area contributed by atoms with Gasteiger partial charge in [0, 0.05) is 12.7 Å². The van der Waals surface area contributed by atoms with Gasteiger partial charge in [-0.05, 0) is 19.1 Å². The summed E-state index contributed by atoms with van der Waals surface area (Å²) in [5, 5.41) is 0.848. The molecular formula is C13H15N3O2. The Morgan fingerprint density at radius 3 is 3.00 bits per heavy atom. The number of anilines is 1. The largest absolute Gasteiger partial charge is 0.363 e. The van der Waals surface area contributed by atoms with Gasteiger partial charge in [0.25, 0.3) is 5.91 Å². The molecule has 2 aliphatic heterocycles. The van der Waals surface area contributed by atoms with E-state index in [1.54, 1.807) is 24.3 Å². The highest BCUT2D eigenvalue weighted by Gasteiger charge is 2.42. The number of nitrogens with zero attached hydrogens (tertiary/aromatic N) is 2. The van der Waals surface area contributed by atoms with Gasteiger partial charge < -0.3 is 15.1 Å². The molecule has 3 rings (SSSR count). The Morgan fingerprint density at radius 2 is 2.22 bits per heavy atom. The highest BCUT2D eigenvalue weighted by atomic mass is 16.2. The molecule has 0 bridgehead atoms. The molecule has 0 aromatic heterocycles. The summed E-state index contributed by atoms with van der Waals surface area (Å²) in [6.07, 6.45) is -1.96. The Morgan fingerprint density at radius 1 is 1.50 bits per heavy atom. The summed E-state index contributed by atoms with van der Waals surface area (Å²) in [6, 6.07) is 5.59. The van der Waals surface area contributed by atoms with Crippen molar-refractivity contribution in [1.29, 1.82) is 0 Å². The van der Waals surface area contributed by atoms with E-state index in [1.165, 1.54) is 14.0 Å². The first-order chi connectivity index (χ1) is 9.81. The molecule has 1 aromatic carbocycles. The second-order valence-corrected chi connectivity index (χ2v) is 4.42. The second-order valence-electron chi connectivity index (χ2n) is 4.42. The second kappa shape index (κ2) is 3.73. The van der Waals surface area contributed by atoms with Crippen LogP contribution in [0.25, 0.3) is 0 Å². The Kier molecular flexibility index (Phi) is 1.68. The average molecular weight is 248 g/mol. The molecule has 1 aromatic rings. The van der Waals surface area contributed by atoms with Gasteiger partial charge in [-0.15, -0.1) is 0 Å². The molecule has 5 nitrogen and oxygen atoms in total. The standard InChI is InChI=1S/C13H15N3O2/c1-8-12(17)15(2)7-11-14-10-6-4-3-5-9(10)13(18)16(8)11/h3-6,8,11,14H,7H2,1-2H3/t8-,11-/m0/s1/i7D,11D/hD/t7-,8-,11-. The van der Waals surface area contributed by atoms with Gasteiger partial charge in [0.05, 0.1) is 14.8 Å². The van der Waals surface area contributed by atoms with Crippen molar-refractivity contribution in [3.63, 3.8) is 0 Å². The van der Waals surface area contributed by atoms with Crippen molar-refractivity contribution in [2.45, 2.75) is 19.1 Å². The first kappa shape index (κ1) is 8.13. The zero-order chi connectivity index (χ0) is 15.5. The van der Waals surface area contributed by atoms with Gasteiger partial charge in [-0.25, -0.2) is 0 Å². The topological polar surface area (TPSA) is 52.7 Å². The number of hydrogen-bond acceptors (Lipinski definition) is 3. The molecule has 1 N–H and O–H groups in total. The van der Waals surface area contributed by atoms with E-state index < -0.39 is 30.5 Å². The van der Waals surface area contributed by atoms with Crippen molar-refractivity contribution in [2.75, 3.05) is 18.9 Å². The lowest BCUT2D eigenvalue weighted by Crippen LogP contribution is -2.65. The number of piperazine rings is 1. The molecule has 3 atom stereocenters. The van der Waals surface area contributed by atoms with Crippen LogP contribution >= 0.6 is 0 Å². The summed E-state index contributed by atoms with van der Waals surface area (Å²) in [6.45, 7) is 0.157. The first-order valence-electron chi connectivity index (χ1n) is 7.25. The summed E-state index contributed by atoms with van der Waals surface area (Å²) in [5.74, 6) is -0.894. The predicted molar refractivity (Wildman–Crippen MR) is 67.1 cm³/mol. The minimum absolute atomic E-state index is 0.270. The van der Waals surface area contributed by atoms with Crippen molar-refractivity contribution < 1.29 is 13.7 Å². The molecule has 0 radical (unpaired) electrons. The van der Waals surface area contributed by atoms with Gasteiger partial charge in [0.15, 0.2) is 1.41 Å². The van der Waals surface area contributed by atoms with Gasteiger partial charge in [-0.3, -0.25) is 9.59 Å². The van der Waals surface area contributed by atoms with E-state index >= 15 is 0 Å². The maximum atomic E-state index is 12.7. The Balaban J connectivity index is 2.24. The molecule has 1 saturated heterocycles. The Labute approximate surface area is 110 Å². The van der Waals surface area contributed by atoms with Gasteiger partial charge in [-0.1, -0.05) is 12.1 Å². The van der Waals surface area contributed by atoms with Gasteiger partial charge in [0.2, 0.25) is 5.91 Å². The quantitative estimate of drug-likeness (QED) is 0.737. The van der Waals surface area contributed by atoms with Crippen LogP contribution in [-0.2, 0) is 4.79 Å². The molecule has 2 aliphatic rings. The molecule has 1 fully saturated rings. The Bertz CT molecular complexity index is 641. The van der Waals surface area contributed by atoms with E-state index in [4.69, 9.17) is 4.15 Å². The van der Waals surface area contributed by atoms with Crippen LogP contribution in [-0.4, -0.2) is 47.4 Å². The predicted octanol–water partition coefficient (Wildman–Crippen LogP) is 0.741. The molecule has 94 valence electrons. The minimum Gasteiger partial charge on any atom is -0.363 e. The molecule has 0 aliphatic carbocycles. The van der Waals surface area contributed by atoms with Gasteiger partial charge in [-0.2, -0.15) is 0 Å². The fourth-order valence-corrected chi connectivity index (χ4v) is 2.27. The third-order valence-electron chi connectivity index (χ3n) is 3.24. The van der Waals surface area contributed by atoms with Crippen LogP contribution < -0.4 is 5.31 Å². The molecule has 0 unspecified atom stereocenters. The van der Waals surface area contributed by atoms with Crippen LogP contribution in [0, 0.1) is 0 Å². The lowest BCUT2D eigenvalue weighted by Gasteiger charge is -2.46. The van der Waals surface area contributed by atoms with Gasteiger partial charge >= 0.3 is 0 Å². The summed E-state index contributed by atoms with van der Waals surface area (Å²) >= 11 is 0. The normalized spacial score (nSPS) is 37.7.